The van der Waals surface area contributed by atoms with Crippen molar-refractivity contribution in [2.45, 2.75) is 13.5 Å². The van der Waals surface area contributed by atoms with E-state index in [0.29, 0.717) is 15.6 Å². The second-order valence-electron chi connectivity index (χ2n) is 5.54. The fourth-order valence-electron chi connectivity index (χ4n) is 2.48. The number of hydrogen-bond acceptors (Lipinski definition) is 2. The van der Waals surface area contributed by atoms with Crippen LogP contribution in [0.1, 0.15) is 16.7 Å². The molecule has 1 N–H and O–H groups in total. The van der Waals surface area contributed by atoms with Crippen LogP contribution in [0.15, 0.2) is 48.2 Å². The van der Waals surface area contributed by atoms with Gasteiger partial charge in [0.25, 0.3) is 5.91 Å². The summed E-state index contributed by atoms with van der Waals surface area (Å²) in [5.41, 5.74) is 2.87. The lowest BCUT2D eigenvalue weighted by molar-refractivity contribution is -0.123. The Morgan fingerprint density at radius 1 is 1.08 bits per heavy atom. The number of amides is 3. The highest BCUT2D eigenvalue weighted by Gasteiger charge is 2.33. The van der Waals surface area contributed by atoms with E-state index in [1.54, 1.807) is 24.3 Å². The minimum Gasteiger partial charge on any atom is -0.303 e. The van der Waals surface area contributed by atoms with E-state index in [-0.39, 0.29) is 18.1 Å². The lowest BCUT2D eigenvalue weighted by Crippen LogP contribution is -2.30. The molecule has 0 bridgehead atoms. The molecular weight excluding hydrogens is 347 g/mol. The van der Waals surface area contributed by atoms with Crippen molar-refractivity contribution >= 4 is 41.2 Å². The first-order valence-corrected chi connectivity index (χ1v) is 8.05. The molecule has 1 fully saturated rings. The molecule has 2 aromatic rings. The maximum Gasteiger partial charge on any atom is 0.329 e. The lowest BCUT2D eigenvalue weighted by Gasteiger charge is -2.12. The Balaban J connectivity index is 1.83. The Bertz CT molecular complexity index is 862. The largest absolute Gasteiger partial charge is 0.329 e. The lowest BCUT2D eigenvalue weighted by atomic mass is 10.1. The van der Waals surface area contributed by atoms with E-state index < -0.39 is 6.03 Å². The van der Waals surface area contributed by atoms with Crippen LogP contribution in [0.4, 0.5) is 4.79 Å². The van der Waals surface area contributed by atoms with Gasteiger partial charge in [0, 0.05) is 0 Å². The molecule has 0 saturated carbocycles. The third-order valence-corrected chi connectivity index (χ3v) is 4.38. The summed E-state index contributed by atoms with van der Waals surface area (Å²) in [5, 5.41) is 3.41. The van der Waals surface area contributed by atoms with Crippen LogP contribution in [-0.2, 0) is 11.3 Å². The van der Waals surface area contributed by atoms with Gasteiger partial charge in [-0.3, -0.25) is 9.69 Å². The molecular formula is C18H14Cl2N2O2. The van der Waals surface area contributed by atoms with Crippen LogP contribution in [0, 0.1) is 6.92 Å². The smallest absolute Gasteiger partial charge is 0.303 e. The van der Waals surface area contributed by atoms with Gasteiger partial charge in [0.15, 0.2) is 0 Å². The Labute approximate surface area is 149 Å². The number of urea groups is 1. The average Bonchev–Trinajstić information content (AvgIpc) is 2.79. The van der Waals surface area contributed by atoms with E-state index in [2.05, 4.69) is 5.32 Å². The van der Waals surface area contributed by atoms with Crippen LogP contribution < -0.4 is 5.32 Å². The Morgan fingerprint density at radius 2 is 1.88 bits per heavy atom. The SMILES string of the molecule is Cc1cccc(CN2C(=O)N/C(=C/c3ccc(Cl)c(Cl)c3)C2=O)c1. The molecule has 0 spiro atoms. The molecule has 1 aliphatic heterocycles. The minimum absolute atomic E-state index is 0.214. The topological polar surface area (TPSA) is 49.4 Å². The molecule has 1 heterocycles. The number of carbonyl (C=O) groups excluding carboxylic acids is 2. The third kappa shape index (κ3) is 3.45. The van der Waals surface area contributed by atoms with Gasteiger partial charge in [-0.15, -0.1) is 0 Å². The second-order valence-corrected chi connectivity index (χ2v) is 6.36. The van der Waals surface area contributed by atoms with E-state index in [9.17, 15) is 9.59 Å². The highest BCUT2D eigenvalue weighted by atomic mass is 35.5. The van der Waals surface area contributed by atoms with Crippen molar-refractivity contribution in [2.24, 2.45) is 0 Å². The molecule has 6 heteroatoms. The highest BCUT2D eigenvalue weighted by Crippen LogP contribution is 2.24. The molecule has 0 radical (unpaired) electrons. The molecule has 3 rings (SSSR count). The van der Waals surface area contributed by atoms with Gasteiger partial charge in [0.1, 0.15) is 5.70 Å². The molecule has 24 heavy (non-hydrogen) atoms. The van der Waals surface area contributed by atoms with Gasteiger partial charge >= 0.3 is 6.03 Å². The number of imide groups is 1. The summed E-state index contributed by atoms with van der Waals surface area (Å²) in [6, 6.07) is 12.3. The molecule has 122 valence electrons. The van der Waals surface area contributed by atoms with Crippen molar-refractivity contribution in [2.75, 3.05) is 0 Å². The van der Waals surface area contributed by atoms with E-state index in [0.717, 1.165) is 11.1 Å². The normalized spacial score (nSPS) is 16.0. The van der Waals surface area contributed by atoms with Gasteiger partial charge < -0.3 is 5.32 Å². The zero-order valence-electron chi connectivity index (χ0n) is 12.8. The van der Waals surface area contributed by atoms with Crippen LogP contribution in [0.2, 0.25) is 10.0 Å². The number of aryl methyl sites for hydroxylation is 1. The van der Waals surface area contributed by atoms with Gasteiger partial charge in [-0.2, -0.15) is 0 Å². The van der Waals surface area contributed by atoms with E-state index in [4.69, 9.17) is 23.2 Å². The quantitative estimate of drug-likeness (QED) is 0.651. The first-order valence-electron chi connectivity index (χ1n) is 7.29. The third-order valence-electron chi connectivity index (χ3n) is 3.64. The number of benzene rings is 2. The zero-order valence-corrected chi connectivity index (χ0v) is 14.4. The molecule has 1 aliphatic rings. The van der Waals surface area contributed by atoms with Crippen LogP contribution in [0.5, 0.6) is 0 Å². The van der Waals surface area contributed by atoms with Crippen LogP contribution in [0.25, 0.3) is 6.08 Å². The van der Waals surface area contributed by atoms with E-state index in [1.165, 1.54) is 4.90 Å². The molecule has 3 amide bonds. The number of nitrogens with one attached hydrogen (secondary N) is 1. The van der Waals surface area contributed by atoms with Gasteiger partial charge in [-0.05, 0) is 36.3 Å². The maximum atomic E-state index is 12.5. The summed E-state index contributed by atoms with van der Waals surface area (Å²) < 4.78 is 0. The summed E-state index contributed by atoms with van der Waals surface area (Å²) in [5.74, 6) is -0.368. The summed E-state index contributed by atoms with van der Waals surface area (Å²) in [6.45, 7) is 2.19. The van der Waals surface area contributed by atoms with Gasteiger partial charge in [-0.25, -0.2) is 4.79 Å². The molecule has 0 unspecified atom stereocenters. The first kappa shape index (κ1) is 16.6. The summed E-state index contributed by atoms with van der Waals surface area (Å²) in [4.78, 5) is 25.8. The Kier molecular flexibility index (Phi) is 4.60. The first-order chi connectivity index (χ1) is 11.4. The van der Waals surface area contributed by atoms with Crippen molar-refractivity contribution in [1.29, 1.82) is 0 Å². The van der Waals surface area contributed by atoms with Crippen LogP contribution >= 0.6 is 23.2 Å². The molecule has 0 atom stereocenters. The van der Waals surface area contributed by atoms with Gasteiger partial charge in [0.05, 0.1) is 16.6 Å². The van der Waals surface area contributed by atoms with Crippen molar-refractivity contribution < 1.29 is 9.59 Å². The maximum absolute atomic E-state index is 12.5. The molecule has 1 saturated heterocycles. The predicted octanol–water partition coefficient (Wildman–Crippen LogP) is 4.39. The average molecular weight is 361 g/mol. The van der Waals surface area contributed by atoms with E-state index >= 15 is 0 Å². The zero-order chi connectivity index (χ0) is 17.3. The van der Waals surface area contributed by atoms with Crippen molar-refractivity contribution in [3.8, 4) is 0 Å². The molecule has 2 aromatic carbocycles. The van der Waals surface area contributed by atoms with Gasteiger partial charge in [0.2, 0.25) is 0 Å². The number of halogens is 2. The van der Waals surface area contributed by atoms with Crippen LogP contribution in [0.3, 0.4) is 0 Å². The summed E-state index contributed by atoms with van der Waals surface area (Å²) in [6.07, 6.45) is 1.58. The van der Waals surface area contributed by atoms with Gasteiger partial charge in [-0.1, -0.05) is 59.1 Å². The molecule has 0 aromatic heterocycles. The molecule has 4 nitrogen and oxygen atoms in total. The number of carbonyl (C=O) groups is 2. The standard InChI is InChI=1S/C18H14Cl2N2O2/c1-11-3-2-4-13(7-11)10-22-17(23)16(21-18(22)24)9-12-5-6-14(19)15(20)8-12/h2-9H,10H2,1H3,(H,21,24)/b16-9+. The van der Waals surface area contributed by atoms with Crippen molar-refractivity contribution in [3.05, 3.63) is 74.9 Å². The highest BCUT2D eigenvalue weighted by molar-refractivity contribution is 6.42. The van der Waals surface area contributed by atoms with Crippen molar-refractivity contribution in [3.63, 3.8) is 0 Å². The summed E-state index contributed by atoms with van der Waals surface area (Å²) >= 11 is 11.8. The Morgan fingerprint density at radius 3 is 2.58 bits per heavy atom. The van der Waals surface area contributed by atoms with Crippen molar-refractivity contribution in [1.82, 2.24) is 10.2 Å². The number of rotatable bonds is 3. The predicted molar refractivity (Wildman–Crippen MR) is 94.7 cm³/mol. The molecule has 0 aliphatic carbocycles. The van der Waals surface area contributed by atoms with E-state index in [1.807, 2.05) is 31.2 Å². The fraction of sp³-hybridized carbons (Fsp3) is 0.111. The minimum atomic E-state index is -0.437. The number of nitrogens with zero attached hydrogens (tertiary/aromatic N) is 1. The van der Waals surface area contributed by atoms with Crippen LogP contribution in [-0.4, -0.2) is 16.8 Å². The summed E-state index contributed by atoms with van der Waals surface area (Å²) in [7, 11) is 0. The Hall–Kier alpha value is -2.30. The fourth-order valence-corrected chi connectivity index (χ4v) is 2.78. The number of hydrogen-bond donors (Lipinski definition) is 1. The monoisotopic (exact) mass is 360 g/mol. The second kappa shape index (κ2) is 6.67.